The predicted octanol–water partition coefficient (Wildman–Crippen LogP) is 1.49. The zero-order chi connectivity index (χ0) is 21.3. The molecule has 3 N–H and O–H groups in total. The first-order chi connectivity index (χ1) is 14.5. The van der Waals surface area contributed by atoms with Crippen molar-refractivity contribution in [2.45, 2.75) is 69.2 Å². The highest BCUT2D eigenvalue weighted by atomic mass is 16.5. The average Bonchev–Trinajstić information content (AvgIpc) is 3.14. The number of carbonyl (C=O) groups excluding carboxylic acids is 2. The van der Waals surface area contributed by atoms with Crippen LogP contribution < -0.4 is 10.1 Å². The Morgan fingerprint density at radius 2 is 1.93 bits per heavy atom. The molecule has 1 aromatic carbocycles. The summed E-state index contributed by atoms with van der Waals surface area (Å²) in [5, 5.41) is 23.2. The van der Waals surface area contributed by atoms with Gasteiger partial charge in [-0.05, 0) is 25.0 Å². The summed E-state index contributed by atoms with van der Waals surface area (Å²) in [6, 6.07) is 6.91. The molecule has 2 aliphatic carbocycles. The molecule has 3 aliphatic rings. The molecule has 30 heavy (non-hydrogen) atoms. The van der Waals surface area contributed by atoms with Crippen molar-refractivity contribution in [3.05, 3.63) is 41.5 Å². The molecular weight excluding hydrogens is 384 g/mol. The van der Waals surface area contributed by atoms with E-state index in [0.29, 0.717) is 11.3 Å². The van der Waals surface area contributed by atoms with E-state index in [2.05, 4.69) is 5.32 Å². The lowest BCUT2D eigenvalue weighted by atomic mass is 9.77. The number of carbonyl (C=O) groups is 2. The molecule has 7 nitrogen and oxygen atoms in total. The van der Waals surface area contributed by atoms with Crippen LogP contribution in [0.25, 0.3) is 0 Å². The molecule has 4 rings (SSSR count). The Hall–Kier alpha value is -2.38. The smallest absolute Gasteiger partial charge is 0.247 e. The van der Waals surface area contributed by atoms with Gasteiger partial charge in [0, 0.05) is 30.6 Å². The number of aliphatic hydroxyl groups excluding tert-OH is 2. The normalized spacial score (nSPS) is 28.0. The van der Waals surface area contributed by atoms with E-state index < -0.39 is 24.2 Å². The SMILES string of the molecule is CC(=O)N(C1CCCCC1)C1C=C(C(=O)NCCO)C2c3ccccc3OC2C1O. The molecule has 2 amide bonds. The fourth-order valence-corrected chi connectivity index (χ4v) is 5.23. The lowest BCUT2D eigenvalue weighted by molar-refractivity contribution is -0.139. The Kier molecular flexibility index (Phi) is 6.11. The number of para-hydroxylation sites is 1. The lowest BCUT2D eigenvalue weighted by Gasteiger charge is -2.44. The second-order valence-electron chi connectivity index (χ2n) is 8.40. The number of amides is 2. The highest BCUT2D eigenvalue weighted by Crippen LogP contribution is 2.47. The Labute approximate surface area is 176 Å². The van der Waals surface area contributed by atoms with Gasteiger partial charge in [-0.3, -0.25) is 9.59 Å². The van der Waals surface area contributed by atoms with E-state index in [-0.39, 0.29) is 31.0 Å². The van der Waals surface area contributed by atoms with Crippen molar-refractivity contribution >= 4 is 11.8 Å². The van der Waals surface area contributed by atoms with E-state index in [1.54, 1.807) is 11.0 Å². The van der Waals surface area contributed by atoms with Crippen molar-refractivity contribution in [3.63, 3.8) is 0 Å². The van der Waals surface area contributed by atoms with Crippen molar-refractivity contribution in [2.75, 3.05) is 13.2 Å². The van der Waals surface area contributed by atoms with E-state index >= 15 is 0 Å². The molecule has 0 saturated heterocycles. The summed E-state index contributed by atoms with van der Waals surface area (Å²) in [6.45, 7) is 1.51. The van der Waals surface area contributed by atoms with E-state index in [1.165, 1.54) is 6.92 Å². The van der Waals surface area contributed by atoms with Crippen LogP contribution in [0.5, 0.6) is 5.75 Å². The van der Waals surface area contributed by atoms with Gasteiger partial charge in [0.05, 0.1) is 18.6 Å². The molecule has 7 heteroatoms. The first kappa shape index (κ1) is 20.9. The highest BCUT2D eigenvalue weighted by Gasteiger charge is 2.50. The largest absolute Gasteiger partial charge is 0.486 e. The number of nitrogens with zero attached hydrogens (tertiary/aromatic N) is 1. The van der Waals surface area contributed by atoms with E-state index in [0.717, 1.165) is 37.7 Å². The van der Waals surface area contributed by atoms with Crippen LogP contribution in [0, 0.1) is 0 Å². The molecule has 0 bridgehead atoms. The van der Waals surface area contributed by atoms with Crippen LogP contribution in [-0.2, 0) is 9.59 Å². The molecule has 1 saturated carbocycles. The Morgan fingerprint density at radius 3 is 2.63 bits per heavy atom. The average molecular weight is 415 g/mol. The van der Waals surface area contributed by atoms with Gasteiger partial charge in [-0.1, -0.05) is 37.5 Å². The molecule has 0 radical (unpaired) electrons. The molecule has 1 heterocycles. The molecular formula is C23H30N2O5. The van der Waals surface area contributed by atoms with Gasteiger partial charge in [0.25, 0.3) is 0 Å². The first-order valence-corrected chi connectivity index (χ1v) is 10.9. The summed E-state index contributed by atoms with van der Waals surface area (Å²) >= 11 is 0. The lowest BCUT2D eigenvalue weighted by Crippen LogP contribution is -2.58. The number of hydrogen-bond donors (Lipinski definition) is 3. The maximum Gasteiger partial charge on any atom is 0.247 e. The van der Waals surface area contributed by atoms with Gasteiger partial charge >= 0.3 is 0 Å². The first-order valence-electron chi connectivity index (χ1n) is 10.9. The van der Waals surface area contributed by atoms with Crippen LogP contribution >= 0.6 is 0 Å². The van der Waals surface area contributed by atoms with Crippen molar-refractivity contribution in [1.82, 2.24) is 10.2 Å². The molecule has 4 atom stereocenters. The van der Waals surface area contributed by atoms with Crippen molar-refractivity contribution in [3.8, 4) is 5.75 Å². The minimum absolute atomic E-state index is 0.0502. The fraction of sp³-hybridized carbons (Fsp3) is 0.565. The summed E-state index contributed by atoms with van der Waals surface area (Å²) in [5.41, 5.74) is 1.34. The molecule has 162 valence electrons. The van der Waals surface area contributed by atoms with Crippen LogP contribution in [0.15, 0.2) is 35.9 Å². The van der Waals surface area contributed by atoms with Gasteiger partial charge in [-0.2, -0.15) is 0 Å². The third-order valence-electron chi connectivity index (χ3n) is 6.53. The van der Waals surface area contributed by atoms with Crippen molar-refractivity contribution in [2.24, 2.45) is 0 Å². The number of fused-ring (bicyclic) bond motifs is 3. The van der Waals surface area contributed by atoms with Crippen LogP contribution in [0.2, 0.25) is 0 Å². The van der Waals surface area contributed by atoms with Crippen LogP contribution in [0.1, 0.15) is 50.5 Å². The quantitative estimate of drug-likeness (QED) is 0.678. The molecule has 1 aromatic rings. The number of rotatable bonds is 5. The number of aliphatic hydroxyl groups is 2. The number of nitrogens with one attached hydrogen (secondary N) is 1. The summed E-state index contributed by atoms with van der Waals surface area (Å²) in [4.78, 5) is 27.4. The van der Waals surface area contributed by atoms with Crippen molar-refractivity contribution < 1.29 is 24.5 Å². The second kappa shape index (κ2) is 8.78. The van der Waals surface area contributed by atoms with E-state index in [9.17, 15) is 14.7 Å². The van der Waals surface area contributed by atoms with Gasteiger partial charge in [0.15, 0.2) is 0 Å². The highest BCUT2D eigenvalue weighted by molar-refractivity contribution is 5.96. The summed E-state index contributed by atoms with van der Waals surface area (Å²) in [5.74, 6) is -0.166. The summed E-state index contributed by atoms with van der Waals surface area (Å²) < 4.78 is 6.10. The van der Waals surface area contributed by atoms with Gasteiger partial charge in [0.2, 0.25) is 11.8 Å². The van der Waals surface area contributed by atoms with Gasteiger partial charge < -0.3 is 25.2 Å². The minimum Gasteiger partial charge on any atom is -0.486 e. The van der Waals surface area contributed by atoms with Crippen molar-refractivity contribution in [1.29, 1.82) is 0 Å². The Morgan fingerprint density at radius 1 is 1.20 bits per heavy atom. The third-order valence-corrected chi connectivity index (χ3v) is 6.53. The standard InChI is InChI=1S/C23H30N2O5/c1-14(27)25(15-7-3-2-4-8-15)18-13-17(23(29)24-11-12-26)20-16-9-5-6-10-19(16)30-22(20)21(18)28/h5-6,9-10,13,15,18,20-22,26,28H,2-4,7-8,11-12H2,1H3,(H,24,29). The number of ether oxygens (including phenoxy) is 1. The molecule has 1 fully saturated rings. The summed E-state index contributed by atoms with van der Waals surface area (Å²) in [6.07, 6.45) is 5.23. The van der Waals surface area contributed by atoms with Gasteiger partial charge in [-0.25, -0.2) is 0 Å². The number of hydrogen-bond acceptors (Lipinski definition) is 5. The van der Waals surface area contributed by atoms with E-state index in [4.69, 9.17) is 9.84 Å². The third kappa shape index (κ3) is 3.72. The number of benzene rings is 1. The Bertz CT molecular complexity index is 833. The van der Waals surface area contributed by atoms with Crippen LogP contribution in [-0.4, -0.2) is 64.4 Å². The predicted molar refractivity (Wildman–Crippen MR) is 111 cm³/mol. The molecule has 4 unspecified atom stereocenters. The fourth-order valence-electron chi connectivity index (χ4n) is 5.23. The monoisotopic (exact) mass is 414 g/mol. The zero-order valence-electron chi connectivity index (χ0n) is 17.3. The molecule has 0 aromatic heterocycles. The van der Waals surface area contributed by atoms with Gasteiger partial charge in [-0.15, -0.1) is 0 Å². The zero-order valence-corrected chi connectivity index (χ0v) is 17.3. The summed E-state index contributed by atoms with van der Waals surface area (Å²) in [7, 11) is 0. The minimum atomic E-state index is -0.942. The maximum absolute atomic E-state index is 13.0. The van der Waals surface area contributed by atoms with E-state index in [1.807, 2.05) is 24.3 Å². The van der Waals surface area contributed by atoms with Crippen LogP contribution in [0.3, 0.4) is 0 Å². The van der Waals surface area contributed by atoms with Gasteiger partial charge in [0.1, 0.15) is 18.0 Å². The van der Waals surface area contributed by atoms with Crippen LogP contribution in [0.4, 0.5) is 0 Å². The maximum atomic E-state index is 13.0. The molecule has 1 aliphatic heterocycles. The Balaban J connectivity index is 1.74. The topological polar surface area (TPSA) is 99.1 Å². The molecule has 0 spiro atoms. The second-order valence-corrected chi connectivity index (χ2v) is 8.40.